The minimum atomic E-state index is -0.215. The molecule has 0 saturated carbocycles. The molecule has 0 radical (unpaired) electrons. The summed E-state index contributed by atoms with van der Waals surface area (Å²) in [5.74, 6) is 0.506. The van der Waals surface area contributed by atoms with Crippen LogP contribution in [0.1, 0.15) is 75.2 Å². The van der Waals surface area contributed by atoms with Crippen molar-refractivity contribution in [3.8, 4) is 0 Å². The van der Waals surface area contributed by atoms with Gasteiger partial charge in [-0.25, -0.2) is 4.79 Å². The van der Waals surface area contributed by atoms with Gasteiger partial charge >= 0.3 is 5.97 Å². The Balaban J connectivity index is 2.61. The van der Waals surface area contributed by atoms with Gasteiger partial charge in [-0.2, -0.15) is 0 Å². The number of hydrogen-bond donors (Lipinski definition) is 0. The Bertz CT molecular complexity index is 468. The van der Waals surface area contributed by atoms with Crippen molar-refractivity contribution in [3.63, 3.8) is 0 Å². The first-order valence-corrected chi connectivity index (χ1v) is 9.36. The number of methoxy groups -OCH3 is 1. The Morgan fingerprint density at radius 2 is 1.79 bits per heavy atom. The van der Waals surface area contributed by atoms with Crippen LogP contribution in [0.5, 0.6) is 0 Å². The summed E-state index contributed by atoms with van der Waals surface area (Å²) < 4.78 is 11.0. The summed E-state index contributed by atoms with van der Waals surface area (Å²) in [7, 11) is 1.66. The van der Waals surface area contributed by atoms with Gasteiger partial charge in [0.1, 0.15) is 6.10 Å². The molecular weight excluding hydrogens is 300 g/mol. The molecule has 1 aromatic carbocycles. The van der Waals surface area contributed by atoms with Crippen molar-refractivity contribution in [1.29, 1.82) is 0 Å². The number of esters is 1. The minimum Gasteiger partial charge on any atom is -0.456 e. The molecule has 3 heteroatoms. The fraction of sp³-hybridized carbons (Fsp3) is 0.667. The highest BCUT2D eigenvalue weighted by molar-refractivity contribution is 5.91. The number of benzene rings is 1. The van der Waals surface area contributed by atoms with E-state index in [1.165, 1.54) is 12.8 Å². The molecule has 1 atom stereocenters. The molecule has 0 saturated heterocycles. The molecule has 24 heavy (non-hydrogen) atoms. The van der Waals surface area contributed by atoms with E-state index in [9.17, 15) is 4.79 Å². The Kier molecular flexibility index (Phi) is 10.4. The Hall–Kier alpha value is -1.35. The zero-order valence-corrected chi connectivity index (χ0v) is 15.8. The summed E-state index contributed by atoms with van der Waals surface area (Å²) >= 11 is 0. The lowest BCUT2D eigenvalue weighted by Crippen LogP contribution is -2.24. The van der Waals surface area contributed by atoms with Crippen LogP contribution in [0.25, 0.3) is 0 Å². The summed E-state index contributed by atoms with van der Waals surface area (Å²) in [6.45, 7) is 7.09. The summed E-state index contributed by atoms with van der Waals surface area (Å²) in [5.41, 5.74) is 1.79. The first kappa shape index (κ1) is 20.7. The summed E-state index contributed by atoms with van der Waals surface area (Å²) in [6, 6.07) is 7.79. The number of ether oxygens (including phenoxy) is 2. The largest absolute Gasteiger partial charge is 0.456 e. The van der Waals surface area contributed by atoms with E-state index < -0.39 is 0 Å². The van der Waals surface area contributed by atoms with Crippen LogP contribution in [0, 0.1) is 5.92 Å². The van der Waals surface area contributed by atoms with E-state index in [0.717, 1.165) is 43.6 Å². The normalized spacial score (nSPS) is 12.4. The van der Waals surface area contributed by atoms with Crippen LogP contribution < -0.4 is 0 Å². The van der Waals surface area contributed by atoms with Crippen LogP contribution in [-0.2, 0) is 15.9 Å². The molecule has 0 aliphatic carbocycles. The zero-order chi connectivity index (χ0) is 17.8. The van der Waals surface area contributed by atoms with E-state index in [2.05, 4.69) is 20.8 Å². The molecule has 3 nitrogen and oxygen atoms in total. The lowest BCUT2D eigenvalue weighted by atomic mass is 10.0. The molecule has 136 valence electrons. The summed E-state index contributed by atoms with van der Waals surface area (Å²) in [6.07, 6.45) is 7.28. The molecule has 1 aromatic rings. The maximum Gasteiger partial charge on any atom is 0.338 e. The SMILES string of the molecule is CCCCc1ccccc1C(=O)OC(CCCCC(C)C)COC. The van der Waals surface area contributed by atoms with Crippen molar-refractivity contribution in [2.24, 2.45) is 5.92 Å². The third kappa shape index (κ3) is 7.96. The van der Waals surface area contributed by atoms with Gasteiger partial charge < -0.3 is 9.47 Å². The van der Waals surface area contributed by atoms with E-state index in [0.29, 0.717) is 12.2 Å². The molecule has 0 bridgehead atoms. The van der Waals surface area contributed by atoms with Gasteiger partial charge in [0.05, 0.1) is 12.2 Å². The van der Waals surface area contributed by atoms with E-state index in [4.69, 9.17) is 9.47 Å². The fourth-order valence-corrected chi connectivity index (χ4v) is 2.81. The van der Waals surface area contributed by atoms with Gasteiger partial charge in [-0.1, -0.05) is 58.2 Å². The van der Waals surface area contributed by atoms with Crippen molar-refractivity contribution < 1.29 is 14.3 Å². The second-order valence-corrected chi connectivity index (χ2v) is 6.92. The molecule has 0 amide bonds. The van der Waals surface area contributed by atoms with Crippen LogP contribution in [0.2, 0.25) is 0 Å². The molecule has 0 aliphatic heterocycles. The minimum absolute atomic E-state index is 0.158. The third-order valence-corrected chi connectivity index (χ3v) is 4.22. The van der Waals surface area contributed by atoms with Crippen LogP contribution >= 0.6 is 0 Å². The predicted molar refractivity (Wildman–Crippen MR) is 99.4 cm³/mol. The first-order chi connectivity index (χ1) is 11.6. The van der Waals surface area contributed by atoms with Crippen LogP contribution in [0.3, 0.4) is 0 Å². The van der Waals surface area contributed by atoms with Crippen molar-refractivity contribution in [2.75, 3.05) is 13.7 Å². The lowest BCUT2D eigenvalue weighted by molar-refractivity contribution is 0.00221. The summed E-state index contributed by atoms with van der Waals surface area (Å²) in [5, 5.41) is 0. The maximum atomic E-state index is 12.6. The van der Waals surface area contributed by atoms with E-state index >= 15 is 0 Å². The fourth-order valence-electron chi connectivity index (χ4n) is 2.81. The molecule has 0 N–H and O–H groups in total. The lowest BCUT2D eigenvalue weighted by Gasteiger charge is -2.18. The quantitative estimate of drug-likeness (QED) is 0.378. The monoisotopic (exact) mass is 334 g/mol. The zero-order valence-electron chi connectivity index (χ0n) is 15.8. The topological polar surface area (TPSA) is 35.5 Å². The second kappa shape index (κ2) is 12.1. The molecule has 1 unspecified atom stereocenters. The Morgan fingerprint density at radius 3 is 2.46 bits per heavy atom. The molecule has 1 rings (SSSR count). The number of unbranched alkanes of at least 4 members (excludes halogenated alkanes) is 2. The van der Waals surface area contributed by atoms with Gasteiger partial charge in [-0.15, -0.1) is 0 Å². The van der Waals surface area contributed by atoms with Crippen molar-refractivity contribution >= 4 is 5.97 Å². The van der Waals surface area contributed by atoms with Crippen LogP contribution in [0.15, 0.2) is 24.3 Å². The van der Waals surface area contributed by atoms with Crippen LogP contribution in [0.4, 0.5) is 0 Å². The maximum absolute atomic E-state index is 12.6. The van der Waals surface area contributed by atoms with Gasteiger partial charge in [0.2, 0.25) is 0 Å². The highest BCUT2D eigenvalue weighted by Crippen LogP contribution is 2.17. The number of carbonyl (C=O) groups excluding carboxylic acids is 1. The standard InChI is InChI=1S/C21H34O3/c1-5-6-12-18-13-8-10-15-20(18)21(22)24-19(16-23-4)14-9-7-11-17(2)3/h8,10,13,15,17,19H,5-7,9,11-12,14,16H2,1-4H3. The van der Waals surface area contributed by atoms with E-state index in [1.807, 2.05) is 24.3 Å². The molecule has 0 aliphatic rings. The molecular formula is C21H34O3. The van der Waals surface area contributed by atoms with Crippen molar-refractivity contribution in [2.45, 2.75) is 71.8 Å². The summed E-state index contributed by atoms with van der Waals surface area (Å²) in [4.78, 5) is 12.6. The number of carbonyl (C=O) groups is 1. The highest BCUT2D eigenvalue weighted by atomic mass is 16.6. The number of rotatable bonds is 12. The number of aryl methyl sites for hydroxylation is 1. The van der Waals surface area contributed by atoms with Gasteiger partial charge in [0.15, 0.2) is 0 Å². The van der Waals surface area contributed by atoms with E-state index in [-0.39, 0.29) is 12.1 Å². The Labute approximate surface area is 147 Å². The second-order valence-electron chi connectivity index (χ2n) is 6.92. The van der Waals surface area contributed by atoms with Crippen molar-refractivity contribution in [3.05, 3.63) is 35.4 Å². The average molecular weight is 335 g/mol. The third-order valence-electron chi connectivity index (χ3n) is 4.22. The predicted octanol–water partition coefficient (Wildman–Crippen LogP) is 5.42. The van der Waals surface area contributed by atoms with Gasteiger partial charge in [0.25, 0.3) is 0 Å². The smallest absolute Gasteiger partial charge is 0.338 e. The van der Waals surface area contributed by atoms with Gasteiger partial charge in [-0.05, 0) is 43.2 Å². The molecule has 0 spiro atoms. The van der Waals surface area contributed by atoms with Crippen molar-refractivity contribution in [1.82, 2.24) is 0 Å². The number of hydrogen-bond acceptors (Lipinski definition) is 3. The van der Waals surface area contributed by atoms with E-state index in [1.54, 1.807) is 7.11 Å². The highest BCUT2D eigenvalue weighted by Gasteiger charge is 2.18. The van der Waals surface area contributed by atoms with Gasteiger partial charge in [0, 0.05) is 7.11 Å². The van der Waals surface area contributed by atoms with Gasteiger partial charge in [-0.3, -0.25) is 0 Å². The molecule has 0 aromatic heterocycles. The molecule has 0 fully saturated rings. The molecule has 0 heterocycles. The van der Waals surface area contributed by atoms with Crippen LogP contribution in [-0.4, -0.2) is 25.8 Å². The first-order valence-electron chi connectivity index (χ1n) is 9.36. The Morgan fingerprint density at radius 1 is 1.08 bits per heavy atom. The average Bonchev–Trinajstić information content (AvgIpc) is 2.57.